The Labute approximate surface area is 327 Å². The molecule has 4 aromatic rings. The van der Waals surface area contributed by atoms with Gasteiger partial charge in [0.05, 0.1) is 20.9 Å². The molecule has 0 aliphatic heterocycles. The summed E-state index contributed by atoms with van der Waals surface area (Å²) < 4.78 is 7.80. The molecule has 0 saturated heterocycles. The fourth-order valence-corrected chi connectivity index (χ4v) is 6.84. The first-order chi connectivity index (χ1) is 23.0. The second-order valence-corrected chi connectivity index (χ2v) is 20.0. The fraction of sp³-hybridized carbons (Fsp3) is 0.471. The lowest BCUT2D eigenvalue weighted by atomic mass is 10.1. The number of aromatic nitrogens is 2. The highest BCUT2D eigenvalue weighted by Gasteiger charge is 2.36. The van der Waals surface area contributed by atoms with Crippen LogP contribution in [-0.2, 0) is 4.43 Å². The second-order valence-electron chi connectivity index (χ2n) is 12.7. The maximum atomic E-state index is 11.5. The molecule has 51 heavy (non-hydrogen) atoms. The molecule has 0 atom stereocenters. The number of nitrogens with one attached hydrogen (secondary N) is 2. The normalized spacial score (nSPS) is 11.3. The summed E-state index contributed by atoms with van der Waals surface area (Å²) in [6.45, 7) is 13.0. The third kappa shape index (κ3) is 12.5. The third-order valence-electron chi connectivity index (χ3n) is 8.15. The lowest BCUT2D eigenvalue weighted by molar-refractivity contribution is -0.384. The number of hydrogen-bond acceptors (Lipinski definition) is 10. The van der Waals surface area contributed by atoms with Crippen molar-refractivity contribution in [3.63, 3.8) is 0 Å². The van der Waals surface area contributed by atoms with Gasteiger partial charge in [-0.3, -0.25) is 20.2 Å². The van der Waals surface area contributed by atoms with Gasteiger partial charge in [0, 0.05) is 46.0 Å². The monoisotopic (exact) mass is 892 g/mol. The zero-order valence-corrected chi connectivity index (χ0v) is 33.6. The molecule has 4 rings (SSSR count). The number of hydrogen-bond donors (Lipinski definition) is 3. The lowest BCUT2D eigenvalue weighted by Crippen LogP contribution is -2.41. The van der Waals surface area contributed by atoms with E-state index in [4.69, 9.17) is 32.7 Å². The number of nitro groups is 2. The van der Waals surface area contributed by atoms with Crippen LogP contribution in [0.3, 0.4) is 0 Å². The number of nitrogens with zero attached hydrogens (tertiary/aromatic N) is 4. The lowest BCUT2D eigenvalue weighted by Gasteiger charge is -2.36. The Bertz CT molecular complexity index is 1810. The predicted molar refractivity (Wildman–Crippen MR) is 221 cm³/mol. The minimum atomic E-state index is -1.74. The van der Waals surface area contributed by atoms with Crippen molar-refractivity contribution < 1.29 is 19.4 Å². The van der Waals surface area contributed by atoms with Gasteiger partial charge in [-0.15, -0.1) is 0 Å². The van der Waals surface area contributed by atoms with Crippen molar-refractivity contribution in [1.82, 2.24) is 9.97 Å². The van der Waals surface area contributed by atoms with Crippen molar-refractivity contribution in [3.05, 3.63) is 75.9 Å². The molecule has 2 heterocycles. The van der Waals surface area contributed by atoms with Gasteiger partial charge in [0.15, 0.2) is 8.32 Å². The molecule has 3 N–H and O–H groups in total. The van der Waals surface area contributed by atoms with Crippen molar-refractivity contribution in [2.75, 3.05) is 36.9 Å². The molecule has 12 nitrogen and oxygen atoms in total. The SMILES string of the molecule is C.C.CC(C)(C)[Si](C)(C)OCCCCNc1c([N+](=O)[O-])c(Cl)nc2ccc(Br)cc12.O=[N+]([O-])c1c(Cl)nc2ccc(Br)cc2c1NCCCCO. The highest BCUT2D eigenvalue weighted by atomic mass is 79.9. The molecular weight excluding hydrogens is 847 g/mol. The van der Waals surface area contributed by atoms with E-state index >= 15 is 0 Å². The smallest absolute Gasteiger partial charge is 0.329 e. The number of aliphatic hydroxyl groups excluding tert-OH is 1. The van der Waals surface area contributed by atoms with Crippen LogP contribution in [0.5, 0.6) is 0 Å². The molecule has 0 spiro atoms. The van der Waals surface area contributed by atoms with E-state index in [2.05, 4.69) is 86.3 Å². The molecule has 0 aliphatic rings. The van der Waals surface area contributed by atoms with E-state index < -0.39 is 18.2 Å². The summed E-state index contributed by atoms with van der Waals surface area (Å²) in [4.78, 5) is 30.0. The molecule has 0 aliphatic carbocycles. The Morgan fingerprint density at radius 3 is 1.59 bits per heavy atom. The molecule has 0 radical (unpaired) electrons. The van der Waals surface area contributed by atoms with Crippen LogP contribution in [0.1, 0.15) is 61.3 Å². The first kappa shape index (κ1) is 46.4. The van der Waals surface area contributed by atoms with Crippen LogP contribution in [-0.4, -0.2) is 59.5 Å². The van der Waals surface area contributed by atoms with Gasteiger partial charge >= 0.3 is 11.4 Å². The highest BCUT2D eigenvalue weighted by molar-refractivity contribution is 9.10. The van der Waals surface area contributed by atoms with E-state index in [0.29, 0.717) is 65.7 Å². The summed E-state index contributed by atoms with van der Waals surface area (Å²) in [7, 11) is -1.74. The predicted octanol–water partition coefficient (Wildman–Crippen LogP) is 11.8. The molecule has 0 bridgehead atoms. The molecule has 0 amide bonds. The van der Waals surface area contributed by atoms with Crippen LogP contribution in [0, 0.1) is 20.2 Å². The van der Waals surface area contributed by atoms with Crippen molar-refractivity contribution in [1.29, 1.82) is 0 Å². The zero-order valence-electron chi connectivity index (χ0n) is 27.9. The van der Waals surface area contributed by atoms with E-state index in [1.807, 2.05) is 12.1 Å². The average molecular weight is 896 g/mol. The first-order valence-electron chi connectivity index (χ1n) is 15.6. The second kappa shape index (κ2) is 20.5. The molecule has 2 aromatic heterocycles. The van der Waals surface area contributed by atoms with Crippen LogP contribution in [0.2, 0.25) is 28.4 Å². The molecule has 2 aromatic carbocycles. The number of aliphatic hydroxyl groups is 1. The van der Waals surface area contributed by atoms with Gasteiger partial charge in [0.25, 0.3) is 0 Å². The van der Waals surface area contributed by atoms with Crippen LogP contribution < -0.4 is 10.6 Å². The van der Waals surface area contributed by atoms with Gasteiger partial charge in [0.1, 0.15) is 11.4 Å². The third-order valence-corrected chi connectivity index (χ3v) is 14.2. The summed E-state index contributed by atoms with van der Waals surface area (Å²) in [5.74, 6) is 0. The number of anilines is 2. The Morgan fingerprint density at radius 2 is 1.22 bits per heavy atom. The topological polar surface area (TPSA) is 166 Å². The van der Waals surface area contributed by atoms with Crippen LogP contribution >= 0.6 is 55.1 Å². The summed E-state index contributed by atoms with van der Waals surface area (Å²) in [6, 6.07) is 10.7. The van der Waals surface area contributed by atoms with E-state index in [1.165, 1.54) is 0 Å². The standard InChI is InChI=1S/C19H27BrClN3O3Si.C13H13BrClN3O3.2CH4/c1-19(2,3)28(4,5)27-11-7-6-10-22-16-14-12-13(20)8-9-15(14)23-18(21)17(16)24(25)26;14-8-3-4-10-9(7-8)11(16-5-1-2-6-19)12(18(20)21)13(15)17-10;;/h8-9,12H,6-7,10-11H2,1-5H3,(H,22,23);3-4,7,19H,1-2,5-6H2,(H,16,17);2*1H4. The van der Waals surface area contributed by atoms with Gasteiger partial charge in [-0.05, 0) is 80.2 Å². The van der Waals surface area contributed by atoms with Crippen molar-refractivity contribution >= 4 is 108 Å². The van der Waals surface area contributed by atoms with Crippen LogP contribution in [0.4, 0.5) is 22.7 Å². The number of fused-ring (bicyclic) bond motifs is 2. The maximum Gasteiger partial charge on any atom is 0.329 e. The van der Waals surface area contributed by atoms with Crippen molar-refractivity contribution in [3.8, 4) is 0 Å². The number of rotatable bonds is 14. The fourth-order valence-electron chi connectivity index (χ4n) is 4.52. The van der Waals surface area contributed by atoms with Crippen molar-refractivity contribution in [2.45, 2.75) is 79.4 Å². The summed E-state index contributed by atoms with van der Waals surface area (Å²) >= 11 is 18.8. The average Bonchev–Trinajstić information content (AvgIpc) is 3.00. The largest absolute Gasteiger partial charge is 0.417 e. The number of pyridine rings is 2. The van der Waals surface area contributed by atoms with Gasteiger partial charge in [-0.2, -0.15) is 0 Å². The van der Waals surface area contributed by atoms with E-state index in [0.717, 1.165) is 21.8 Å². The zero-order chi connectivity index (χ0) is 36.5. The summed E-state index contributed by atoms with van der Waals surface area (Å²) in [6.07, 6.45) is 3.04. The van der Waals surface area contributed by atoms with Gasteiger partial charge in [0.2, 0.25) is 10.3 Å². The Kier molecular flexibility index (Phi) is 18.7. The molecule has 17 heteroatoms. The minimum Gasteiger partial charge on any atom is -0.417 e. The van der Waals surface area contributed by atoms with E-state index in [9.17, 15) is 20.2 Å². The van der Waals surface area contributed by atoms with Crippen LogP contribution in [0.25, 0.3) is 21.8 Å². The quantitative estimate of drug-likeness (QED) is 0.0365. The Morgan fingerprint density at radius 1 is 0.804 bits per heavy atom. The van der Waals surface area contributed by atoms with Crippen LogP contribution in [0.15, 0.2) is 45.3 Å². The molecule has 282 valence electrons. The summed E-state index contributed by atoms with van der Waals surface area (Å²) in [5.41, 5.74) is 1.54. The highest BCUT2D eigenvalue weighted by Crippen LogP contribution is 2.40. The Hall–Kier alpha value is -2.66. The Balaban J connectivity index is 0.000000509. The van der Waals surface area contributed by atoms with E-state index in [1.54, 1.807) is 24.3 Å². The number of halogens is 4. The van der Waals surface area contributed by atoms with Gasteiger partial charge in [-0.25, -0.2) is 9.97 Å². The summed E-state index contributed by atoms with van der Waals surface area (Å²) in [5, 5.41) is 39.0. The maximum absolute atomic E-state index is 11.5. The number of benzene rings is 2. The molecular formula is C34H48Br2Cl2N6O6Si. The molecule has 0 unspecified atom stereocenters. The first-order valence-corrected chi connectivity index (χ1v) is 20.8. The van der Waals surface area contributed by atoms with E-state index in [-0.39, 0.29) is 48.2 Å². The van der Waals surface area contributed by atoms with Gasteiger partial charge < -0.3 is 20.2 Å². The molecule has 0 fully saturated rings. The molecule has 0 saturated carbocycles. The number of unbranched alkanes of at least 4 members (excludes halogenated alkanes) is 2. The minimum absolute atomic E-state index is 0. The van der Waals surface area contributed by atoms with Gasteiger partial charge in [-0.1, -0.05) is 90.7 Å². The van der Waals surface area contributed by atoms with Crippen molar-refractivity contribution in [2.24, 2.45) is 0 Å².